The molecule has 2 aliphatic heterocycles. The fourth-order valence-electron chi connectivity index (χ4n) is 9.93. The third-order valence-corrected chi connectivity index (χ3v) is 15.9. The largest absolute Gasteiger partial charge is 0.392 e. The zero-order chi connectivity index (χ0) is 50.0. The fourth-order valence-corrected chi connectivity index (χ4v) is 12.2. The average Bonchev–Trinajstić information content (AvgIpc) is 3.42. The second-order valence-corrected chi connectivity index (χ2v) is 20.7. The summed E-state index contributed by atoms with van der Waals surface area (Å²) in [6.45, 7) is 5.37. The molecular formula is C55H66F2N4O8S. The van der Waals surface area contributed by atoms with Gasteiger partial charge in [0, 0.05) is 55.6 Å². The lowest BCUT2D eigenvalue weighted by atomic mass is 9.69. The minimum atomic E-state index is -3.70. The number of carbonyl (C=O) groups is 2. The third-order valence-electron chi connectivity index (χ3n) is 13.9. The number of hydrogen-bond donors (Lipinski definition) is 4. The lowest BCUT2D eigenvalue weighted by Gasteiger charge is -2.48. The highest BCUT2D eigenvalue weighted by Crippen LogP contribution is 2.50. The third kappa shape index (κ3) is 12.2. The van der Waals surface area contributed by atoms with Crippen molar-refractivity contribution in [3.8, 4) is 0 Å². The van der Waals surface area contributed by atoms with E-state index in [1.165, 1.54) is 36.4 Å². The summed E-state index contributed by atoms with van der Waals surface area (Å²) >= 11 is 0. The maximum absolute atomic E-state index is 14.0. The van der Waals surface area contributed by atoms with Gasteiger partial charge in [-0.1, -0.05) is 75.2 Å². The Kier molecular flexibility index (Phi) is 17.5. The number of nitrogens with zero attached hydrogens (tertiary/aromatic N) is 2. The van der Waals surface area contributed by atoms with Crippen LogP contribution in [0.4, 0.5) is 25.8 Å². The first-order valence-corrected chi connectivity index (χ1v) is 25.9. The number of nitrogens with one attached hydrogen (secondary N) is 2. The number of amides is 2. The Morgan fingerprint density at radius 2 is 1.59 bits per heavy atom. The maximum atomic E-state index is 14.0. The van der Waals surface area contributed by atoms with Gasteiger partial charge in [-0.05, 0) is 120 Å². The molecule has 6 atom stereocenters. The van der Waals surface area contributed by atoms with E-state index >= 15 is 0 Å². The summed E-state index contributed by atoms with van der Waals surface area (Å²) in [6, 6.07) is 31.7. The highest BCUT2D eigenvalue weighted by Gasteiger charge is 2.50. The van der Waals surface area contributed by atoms with Gasteiger partial charge in [-0.15, -0.1) is 0 Å². The molecule has 4 N–H and O–H groups in total. The minimum Gasteiger partial charge on any atom is -0.392 e. The summed E-state index contributed by atoms with van der Waals surface area (Å²) in [6.07, 6.45) is 1.67. The van der Waals surface area contributed by atoms with E-state index in [0.29, 0.717) is 49.2 Å². The molecule has 2 amide bonds. The lowest BCUT2D eigenvalue weighted by Crippen LogP contribution is -2.55. The van der Waals surface area contributed by atoms with Crippen LogP contribution in [0.1, 0.15) is 98.3 Å². The predicted molar refractivity (Wildman–Crippen MR) is 268 cm³/mol. The predicted octanol–water partition coefficient (Wildman–Crippen LogP) is 8.88. The first-order valence-electron chi connectivity index (χ1n) is 24.2. The minimum absolute atomic E-state index is 0.106. The van der Waals surface area contributed by atoms with E-state index in [0.717, 1.165) is 40.9 Å². The van der Waals surface area contributed by atoms with Gasteiger partial charge in [0.25, 0.3) is 0 Å². The molecule has 0 radical (unpaired) electrons. The molecule has 0 aromatic heterocycles. The number of unbranched alkanes of at least 4 members (excludes halogenated alkanes) is 1. The Labute approximate surface area is 410 Å². The number of ether oxygens (including phenoxy) is 2. The van der Waals surface area contributed by atoms with Crippen molar-refractivity contribution in [2.45, 2.75) is 88.0 Å². The number of halogens is 2. The van der Waals surface area contributed by atoms with Crippen LogP contribution >= 0.6 is 0 Å². The molecule has 374 valence electrons. The van der Waals surface area contributed by atoms with E-state index in [4.69, 9.17) is 9.47 Å². The summed E-state index contributed by atoms with van der Waals surface area (Å²) in [4.78, 5) is 30.2. The molecule has 1 fully saturated rings. The van der Waals surface area contributed by atoms with Crippen LogP contribution in [0.2, 0.25) is 0 Å². The number of benzene rings is 5. The van der Waals surface area contributed by atoms with Gasteiger partial charge in [0.2, 0.25) is 11.8 Å². The van der Waals surface area contributed by atoms with Crippen LogP contribution < -0.4 is 20.4 Å². The molecule has 0 aliphatic carbocycles. The lowest BCUT2D eigenvalue weighted by molar-refractivity contribution is -0.131. The van der Waals surface area contributed by atoms with Gasteiger partial charge < -0.3 is 40.1 Å². The number of sulfone groups is 1. The molecule has 6 unspecified atom stereocenters. The van der Waals surface area contributed by atoms with Gasteiger partial charge in [-0.3, -0.25) is 9.59 Å². The zero-order valence-corrected chi connectivity index (χ0v) is 41.3. The SMILES string of the molecule is CCCCC1(CC)CS(=O)(=O)c2ccc(N(C)C)cc2C(c2cccc(NCCOCCOCC(=O)NCc3cccc(C4C(CCC(O)c5ccc(F)cc5)C(=O)N4c4ccc(F)cc4)c3)c2)C1O. The summed E-state index contributed by atoms with van der Waals surface area (Å²) in [5.74, 6) is -2.42. The van der Waals surface area contributed by atoms with Gasteiger partial charge in [0.05, 0.1) is 54.6 Å². The van der Waals surface area contributed by atoms with E-state index in [-0.39, 0.29) is 55.2 Å². The van der Waals surface area contributed by atoms with Crippen molar-refractivity contribution in [3.63, 3.8) is 0 Å². The van der Waals surface area contributed by atoms with Crippen molar-refractivity contribution in [2.75, 3.05) is 67.9 Å². The molecule has 1 saturated heterocycles. The summed E-state index contributed by atoms with van der Waals surface area (Å²) < 4.78 is 66.8. The Bertz CT molecular complexity index is 2670. The van der Waals surface area contributed by atoms with Gasteiger partial charge >= 0.3 is 0 Å². The smallest absolute Gasteiger partial charge is 0.246 e. The molecule has 70 heavy (non-hydrogen) atoms. The molecule has 12 nitrogen and oxygen atoms in total. The molecule has 0 saturated carbocycles. The van der Waals surface area contributed by atoms with Crippen molar-refractivity contribution < 1.29 is 46.5 Å². The van der Waals surface area contributed by atoms with Crippen molar-refractivity contribution in [2.24, 2.45) is 11.3 Å². The number of fused-ring (bicyclic) bond motifs is 1. The Morgan fingerprint density at radius 1 is 0.886 bits per heavy atom. The number of anilines is 3. The number of aliphatic hydroxyl groups is 2. The summed E-state index contributed by atoms with van der Waals surface area (Å²) in [5, 5.41) is 29.5. The average molecular weight is 981 g/mol. The highest BCUT2D eigenvalue weighted by atomic mass is 32.2. The van der Waals surface area contributed by atoms with Crippen LogP contribution in [0.15, 0.2) is 120 Å². The molecule has 0 bridgehead atoms. The Morgan fingerprint density at radius 3 is 2.30 bits per heavy atom. The number of hydrogen-bond acceptors (Lipinski definition) is 10. The second-order valence-electron chi connectivity index (χ2n) is 18.7. The van der Waals surface area contributed by atoms with E-state index in [1.807, 2.05) is 86.6 Å². The van der Waals surface area contributed by atoms with Gasteiger partial charge in [0.1, 0.15) is 18.2 Å². The molecular weight excluding hydrogens is 915 g/mol. The number of carbonyl (C=O) groups excluding carboxylic acids is 2. The van der Waals surface area contributed by atoms with Gasteiger partial charge in [0.15, 0.2) is 9.84 Å². The topological polar surface area (TPSA) is 158 Å². The number of rotatable bonds is 23. The molecule has 7 rings (SSSR count). The van der Waals surface area contributed by atoms with Crippen LogP contribution in [0.3, 0.4) is 0 Å². The van der Waals surface area contributed by atoms with Crippen LogP contribution in [-0.4, -0.2) is 89.4 Å². The number of β-lactam (4-membered cyclic amide) rings is 1. The quantitative estimate of drug-likeness (QED) is 0.0368. The van der Waals surface area contributed by atoms with Crippen molar-refractivity contribution in [1.29, 1.82) is 0 Å². The van der Waals surface area contributed by atoms with E-state index < -0.39 is 57.0 Å². The summed E-state index contributed by atoms with van der Waals surface area (Å²) in [5.41, 5.74) is 5.03. The molecule has 5 aromatic carbocycles. The van der Waals surface area contributed by atoms with Crippen molar-refractivity contribution in [1.82, 2.24) is 5.32 Å². The van der Waals surface area contributed by atoms with Crippen LogP contribution in [0.5, 0.6) is 0 Å². The van der Waals surface area contributed by atoms with Gasteiger partial charge in [-0.25, -0.2) is 17.2 Å². The Balaban J connectivity index is 0.889. The van der Waals surface area contributed by atoms with Crippen LogP contribution in [0, 0.1) is 23.0 Å². The van der Waals surface area contributed by atoms with Crippen molar-refractivity contribution >= 4 is 38.7 Å². The molecule has 5 aromatic rings. The normalized spacial score (nSPS) is 21.0. The monoisotopic (exact) mass is 980 g/mol. The van der Waals surface area contributed by atoms with E-state index in [9.17, 15) is 37.0 Å². The first-order chi connectivity index (χ1) is 33.6. The van der Waals surface area contributed by atoms with E-state index in [2.05, 4.69) is 17.6 Å². The molecule has 15 heteroatoms. The van der Waals surface area contributed by atoms with Gasteiger partial charge in [-0.2, -0.15) is 0 Å². The highest BCUT2D eigenvalue weighted by molar-refractivity contribution is 7.91. The zero-order valence-electron chi connectivity index (χ0n) is 40.5. The van der Waals surface area contributed by atoms with Crippen LogP contribution in [-0.2, 0) is 35.4 Å². The fraction of sp³-hybridized carbons (Fsp3) is 0.418. The molecule has 0 spiro atoms. The second kappa shape index (κ2) is 23.5. The van der Waals surface area contributed by atoms with Crippen LogP contribution in [0.25, 0.3) is 0 Å². The number of aliphatic hydroxyl groups excluding tert-OH is 2. The standard InChI is InChI=1S/C55H66F2N4O8S/c1-5-7-26-55(6-2)36-70(66,67)49-25-22-45(60(3)4)33-47(49)51(53(55)64)39-11-9-13-43(32-39)58-27-28-68-29-30-69-35-50(63)59-34-37-10-8-12-40(31-37)52-46(23-24-48(62)38-14-16-41(56)17-15-38)54(65)61(52)44-20-18-42(57)19-21-44/h8-22,25,31-33,46,48,51-53,58,62,64H,5-7,23-24,26-30,34-36H2,1-4H3,(H,59,63). The maximum Gasteiger partial charge on any atom is 0.246 e. The first kappa shape index (κ1) is 52.1. The van der Waals surface area contributed by atoms with Crippen molar-refractivity contribution in [3.05, 3.63) is 155 Å². The molecule has 2 aliphatic rings. The Hall–Kier alpha value is -5.71. The summed E-state index contributed by atoms with van der Waals surface area (Å²) in [7, 11) is 0.124. The molecule has 2 heterocycles. The van der Waals surface area contributed by atoms with E-state index in [1.54, 1.807) is 23.1 Å².